The van der Waals surface area contributed by atoms with Crippen molar-refractivity contribution in [2.24, 2.45) is 0 Å². The summed E-state index contributed by atoms with van der Waals surface area (Å²) in [5, 5.41) is 11.1. The standard InChI is InChI=1S/C27H19NO5S/c1-16-20(10-5-11-21(16)26(30)31)23-13-12-19(33-23)14-24-25(29)28(27(32)34-24)15-18-8-4-7-17-6-2-3-9-22(17)18/h2-14H,15H2,1H3,(H,30,31)/b24-14-. The summed E-state index contributed by atoms with van der Waals surface area (Å²) < 4.78 is 5.88. The molecule has 0 unspecified atom stereocenters. The molecule has 0 radical (unpaired) electrons. The molecule has 1 fully saturated rings. The van der Waals surface area contributed by atoms with Gasteiger partial charge in [0.05, 0.1) is 17.0 Å². The van der Waals surface area contributed by atoms with Crippen molar-refractivity contribution in [2.75, 3.05) is 0 Å². The second-order valence-corrected chi connectivity index (χ2v) is 8.88. The van der Waals surface area contributed by atoms with Gasteiger partial charge in [0.1, 0.15) is 11.5 Å². The number of carbonyl (C=O) groups is 3. The third-order valence-electron chi connectivity index (χ3n) is 5.81. The molecule has 1 aromatic heterocycles. The lowest BCUT2D eigenvalue weighted by molar-refractivity contribution is -0.123. The fraction of sp³-hybridized carbons (Fsp3) is 0.0741. The lowest BCUT2D eigenvalue weighted by Gasteiger charge is -2.14. The first-order valence-electron chi connectivity index (χ1n) is 10.6. The predicted molar refractivity (Wildman–Crippen MR) is 131 cm³/mol. The molecule has 5 rings (SSSR count). The first-order valence-corrected chi connectivity index (χ1v) is 11.4. The van der Waals surface area contributed by atoms with Crippen LogP contribution in [0.4, 0.5) is 4.79 Å². The fourth-order valence-corrected chi connectivity index (χ4v) is 4.89. The smallest absolute Gasteiger partial charge is 0.335 e. The molecule has 1 aliphatic heterocycles. The van der Waals surface area contributed by atoms with Crippen molar-refractivity contribution < 1.29 is 23.9 Å². The molecule has 0 saturated carbocycles. The number of carbonyl (C=O) groups excluding carboxylic acids is 2. The van der Waals surface area contributed by atoms with Crippen LogP contribution in [0, 0.1) is 6.92 Å². The Bertz CT molecular complexity index is 1490. The van der Waals surface area contributed by atoms with Crippen LogP contribution in [0.15, 0.2) is 82.1 Å². The predicted octanol–water partition coefficient (Wildman–Crippen LogP) is 6.34. The van der Waals surface area contributed by atoms with Crippen LogP contribution in [0.3, 0.4) is 0 Å². The lowest BCUT2D eigenvalue weighted by atomic mass is 10.0. The van der Waals surface area contributed by atoms with Crippen LogP contribution in [-0.4, -0.2) is 27.1 Å². The topological polar surface area (TPSA) is 87.8 Å². The molecule has 2 heterocycles. The summed E-state index contributed by atoms with van der Waals surface area (Å²) in [6, 6.07) is 22.1. The van der Waals surface area contributed by atoms with E-state index in [0.717, 1.165) is 28.1 Å². The molecule has 0 aliphatic carbocycles. The maximum Gasteiger partial charge on any atom is 0.335 e. The molecule has 1 saturated heterocycles. The number of rotatable bonds is 5. The number of amides is 2. The Labute approximate surface area is 199 Å². The minimum atomic E-state index is -1.01. The molecule has 4 aromatic rings. The zero-order valence-corrected chi connectivity index (χ0v) is 19.0. The SMILES string of the molecule is Cc1c(C(=O)O)cccc1-c1ccc(/C=C2\SC(=O)N(Cc3cccc4ccccc34)C2=O)o1. The van der Waals surface area contributed by atoms with Crippen LogP contribution in [0.1, 0.15) is 27.2 Å². The van der Waals surface area contributed by atoms with Crippen LogP contribution in [0.25, 0.3) is 28.2 Å². The van der Waals surface area contributed by atoms with Gasteiger partial charge in [-0.25, -0.2) is 4.79 Å². The van der Waals surface area contributed by atoms with Crippen molar-refractivity contribution in [1.29, 1.82) is 0 Å². The molecule has 6 nitrogen and oxygen atoms in total. The number of nitrogens with zero attached hydrogens (tertiary/aromatic N) is 1. The number of imide groups is 1. The second kappa shape index (κ2) is 8.68. The summed E-state index contributed by atoms with van der Waals surface area (Å²) in [5.74, 6) is -0.483. The van der Waals surface area contributed by atoms with Gasteiger partial charge in [-0.3, -0.25) is 14.5 Å². The largest absolute Gasteiger partial charge is 0.478 e. The van der Waals surface area contributed by atoms with E-state index in [0.29, 0.717) is 22.6 Å². The molecular formula is C27H19NO5S. The van der Waals surface area contributed by atoms with Gasteiger partial charge in [0.25, 0.3) is 11.1 Å². The number of thioether (sulfide) groups is 1. The molecule has 168 valence electrons. The van der Waals surface area contributed by atoms with Gasteiger partial charge in [0.15, 0.2) is 0 Å². The number of benzene rings is 3. The number of aromatic carboxylic acids is 1. The van der Waals surface area contributed by atoms with Crippen molar-refractivity contribution >= 4 is 45.7 Å². The van der Waals surface area contributed by atoms with Gasteiger partial charge in [0.2, 0.25) is 0 Å². The number of fused-ring (bicyclic) bond motifs is 1. The quantitative estimate of drug-likeness (QED) is 0.343. The van der Waals surface area contributed by atoms with Gasteiger partial charge in [-0.2, -0.15) is 0 Å². The minimum Gasteiger partial charge on any atom is -0.478 e. The van der Waals surface area contributed by atoms with E-state index in [1.165, 1.54) is 11.0 Å². The zero-order valence-electron chi connectivity index (χ0n) is 18.1. The Hall–Kier alpha value is -4.10. The number of carboxylic acid groups (broad SMARTS) is 1. The molecule has 1 aliphatic rings. The highest BCUT2D eigenvalue weighted by atomic mass is 32.2. The molecule has 34 heavy (non-hydrogen) atoms. The van der Waals surface area contributed by atoms with E-state index < -0.39 is 5.97 Å². The zero-order chi connectivity index (χ0) is 23.8. The summed E-state index contributed by atoms with van der Waals surface area (Å²) in [7, 11) is 0. The van der Waals surface area contributed by atoms with Gasteiger partial charge in [0, 0.05) is 11.6 Å². The van der Waals surface area contributed by atoms with Gasteiger partial charge in [-0.1, -0.05) is 54.6 Å². The molecule has 3 aromatic carbocycles. The monoisotopic (exact) mass is 469 g/mol. The maximum atomic E-state index is 13.0. The van der Waals surface area contributed by atoms with E-state index in [2.05, 4.69) is 0 Å². The summed E-state index contributed by atoms with van der Waals surface area (Å²) in [6.07, 6.45) is 1.55. The average molecular weight is 470 g/mol. The van der Waals surface area contributed by atoms with Gasteiger partial charge in [-0.15, -0.1) is 0 Å². The summed E-state index contributed by atoms with van der Waals surface area (Å²) in [4.78, 5) is 38.6. The van der Waals surface area contributed by atoms with Crippen molar-refractivity contribution in [3.63, 3.8) is 0 Å². The highest BCUT2D eigenvalue weighted by Gasteiger charge is 2.35. The molecular weight excluding hydrogens is 450 g/mol. The first kappa shape index (κ1) is 21.7. The summed E-state index contributed by atoms with van der Waals surface area (Å²) in [6.45, 7) is 1.91. The first-order chi connectivity index (χ1) is 16.4. The number of carboxylic acids is 1. The van der Waals surface area contributed by atoms with Crippen LogP contribution in [0.5, 0.6) is 0 Å². The number of hydrogen-bond acceptors (Lipinski definition) is 5. The Morgan fingerprint density at radius 3 is 2.59 bits per heavy atom. The molecule has 0 atom stereocenters. The highest BCUT2D eigenvalue weighted by Crippen LogP contribution is 2.35. The van der Waals surface area contributed by atoms with E-state index in [9.17, 15) is 19.5 Å². The second-order valence-electron chi connectivity index (χ2n) is 7.89. The van der Waals surface area contributed by atoms with E-state index in [-0.39, 0.29) is 28.2 Å². The van der Waals surface area contributed by atoms with Crippen molar-refractivity contribution in [2.45, 2.75) is 13.5 Å². The Kier molecular flexibility index (Phi) is 5.55. The van der Waals surface area contributed by atoms with E-state index in [1.807, 2.05) is 42.5 Å². The van der Waals surface area contributed by atoms with Gasteiger partial charge < -0.3 is 9.52 Å². The molecule has 0 bridgehead atoms. The summed E-state index contributed by atoms with van der Waals surface area (Å²) in [5.41, 5.74) is 2.34. The average Bonchev–Trinajstić information content (AvgIpc) is 3.39. The fourth-order valence-electron chi connectivity index (χ4n) is 4.08. The van der Waals surface area contributed by atoms with E-state index >= 15 is 0 Å². The van der Waals surface area contributed by atoms with Gasteiger partial charge in [-0.05, 0) is 58.8 Å². The maximum absolute atomic E-state index is 13.0. The van der Waals surface area contributed by atoms with Crippen molar-refractivity contribution in [3.05, 3.63) is 100 Å². The third kappa shape index (κ3) is 3.91. The molecule has 2 amide bonds. The van der Waals surface area contributed by atoms with E-state index in [1.54, 1.807) is 37.3 Å². The molecule has 1 N–H and O–H groups in total. The van der Waals surface area contributed by atoms with Crippen molar-refractivity contribution in [3.8, 4) is 11.3 Å². The highest BCUT2D eigenvalue weighted by molar-refractivity contribution is 8.18. The number of hydrogen-bond donors (Lipinski definition) is 1. The lowest BCUT2D eigenvalue weighted by Crippen LogP contribution is -2.27. The number of furan rings is 1. The minimum absolute atomic E-state index is 0.188. The Balaban J connectivity index is 1.40. The Morgan fingerprint density at radius 1 is 1.00 bits per heavy atom. The van der Waals surface area contributed by atoms with Crippen LogP contribution in [0.2, 0.25) is 0 Å². The molecule has 7 heteroatoms. The third-order valence-corrected chi connectivity index (χ3v) is 6.72. The van der Waals surface area contributed by atoms with Gasteiger partial charge >= 0.3 is 5.97 Å². The van der Waals surface area contributed by atoms with Crippen molar-refractivity contribution in [1.82, 2.24) is 4.90 Å². The normalized spacial score (nSPS) is 15.0. The van der Waals surface area contributed by atoms with Crippen LogP contribution >= 0.6 is 11.8 Å². The van der Waals surface area contributed by atoms with Crippen LogP contribution in [-0.2, 0) is 11.3 Å². The molecule has 0 spiro atoms. The summed E-state index contributed by atoms with van der Waals surface area (Å²) >= 11 is 0.877. The van der Waals surface area contributed by atoms with E-state index in [4.69, 9.17) is 4.42 Å². The Morgan fingerprint density at radius 2 is 1.76 bits per heavy atom. The van der Waals surface area contributed by atoms with Crippen LogP contribution < -0.4 is 0 Å².